The maximum Gasteiger partial charge on any atom is 0.251 e. The van der Waals surface area contributed by atoms with Gasteiger partial charge < -0.3 is 15.8 Å². The maximum atomic E-state index is 11.3. The lowest BCUT2D eigenvalue weighted by Gasteiger charge is -2.32. The van der Waals surface area contributed by atoms with E-state index in [9.17, 15) is 9.90 Å². The summed E-state index contributed by atoms with van der Waals surface area (Å²) in [6, 6.07) is 1.24. The van der Waals surface area contributed by atoms with Crippen LogP contribution in [0.5, 0.6) is 0 Å². The molecule has 0 amide bonds. The van der Waals surface area contributed by atoms with Gasteiger partial charge in [0.25, 0.3) is 5.56 Å². The number of hydrogen-bond acceptors (Lipinski definition) is 5. The highest BCUT2D eigenvalue weighted by Gasteiger charge is 2.29. The molecule has 0 aliphatic rings. The van der Waals surface area contributed by atoms with Gasteiger partial charge in [-0.15, -0.1) is 0 Å². The van der Waals surface area contributed by atoms with E-state index >= 15 is 0 Å². The molecular weight excluding hydrogens is 250 g/mol. The number of aromatic amines is 1. The third-order valence-corrected chi connectivity index (χ3v) is 3.85. The number of rotatable bonds is 4. The van der Waals surface area contributed by atoms with Crippen LogP contribution < -0.4 is 11.3 Å². The minimum absolute atomic E-state index is 0.0548. The standard InChI is InChI=1S/C12H21N3O2S/c1-7-5-9(17)15-11(14-7)18-8(6-16)10(13)12(2,3)4/h5,8,10,16H,6,13H2,1-4H3,(H,14,15,17). The lowest BCUT2D eigenvalue weighted by molar-refractivity contribution is 0.233. The molecule has 0 saturated carbocycles. The quantitative estimate of drug-likeness (QED) is 0.559. The molecule has 1 rings (SSSR count). The van der Waals surface area contributed by atoms with Gasteiger partial charge in [-0.1, -0.05) is 32.5 Å². The van der Waals surface area contributed by atoms with Gasteiger partial charge in [-0.25, -0.2) is 4.98 Å². The maximum absolute atomic E-state index is 11.3. The Morgan fingerprint density at radius 3 is 2.61 bits per heavy atom. The van der Waals surface area contributed by atoms with Crippen LogP contribution in [0.1, 0.15) is 26.5 Å². The van der Waals surface area contributed by atoms with Gasteiger partial charge in [-0.05, 0) is 12.3 Å². The molecule has 0 aromatic carbocycles. The second kappa shape index (κ2) is 5.86. The van der Waals surface area contributed by atoms with Gasteiger partial charge >= 0.3 is 0 Å². The van der Waals surface area contributed by atoms with Crippen molar-refractivity contribution >= 4 is 11.8 Å². The number of aliphatic hydroxyl groups is 1. The molecule has 0 spiro atoms. The fraction of sp³-hybridized carbons (Fsp3) is 0.667. The molecule has 18 heavy (non-hydrogen) atoms. The first kappa shape index (κ1) is 15.2. The van der Waals surface area contributed by atoms with Crippen molar-refractivity contribution in [3.63, 3.8) is 0 Å². The number of H-pyrrole nitrogens is 1. The summed E-state index contributed by atoms with van der Waals surface area (Å²) in [7, 11) is 0. The van der Waals surface area contributed by atoms with Gasteiger partial charge in [0.05, 0.1) is 11.9 Å². The summed E-state index contributed by atoms with van der Waals surface area (Å²) in [6.07, 6.45) is 0. The van der Waals surface area contributed by atoms with Crippen molar-refractivity contribution in [1.82, 2.24) is 9.97 Å². The number of aryl methyl sites for hydroxylation is 1. The Morgan fingerprint density at radius 1 is 1.56 bits per heavy atom. The average molecular weight is 271 g/mol. The number of thioether (sulfide) groups is 1. The number of hydrogen-bond donors (Lipinski definition) is 3. The highest BCUT2D eigenvalue weighted by Crippen LogP contribution is 2.29. The van der Waals surface area contributed by atoms with E-state index in [2.05, 4.69) is 9.97 Å². The van der Waals surface area contributed by atoms with E-state index in [0.717, 1.165) is 0 Å². The number of nitrogens with one attached hydrogen (secondary N) is 1. The molecular formula is C12H21N3O2S. The van der Waals surface area contributed by atoms with Gasteiger partial charge in [0, 0.05) is 17.8 Å². The van der Waals surface area contributed by atoms with Crippen LogP contribution in [0, 0.1) is 12.3 Å². The van der Waals surface area contributed by atoms with Crippen molar-refractivity contribution in [2.75, 3.05) is 6.61 Å². The molecule has 4 N–H and O–H groups in total. The van der Waals surface area contributed by atoms with Crippen molar-refractivity contribution in [3.05, 3.63) is 22.1 Å². The Labute approximate surface area is 111 Å². The minimum atomic E-state index is -0.199. The van der Waals surface area contributed by atoms with Gasteiger partial charge in [0.15, 0.2) is 5.16 Å². The van der Waals surface area contributed by atoms with Crippen molar-refractivity contribution in [1.29, 1.82) is 0 Å². The first-order chi connectivity index (χ1) is 8.24. The topological polar surface area (TPSA) is 92.0 Å². The summed E-state index contributed by atoms with van der Waals surface area (Å²) >= 11 is 1.31. The van der Waals surface area contributed by atoms with Crippen LogP contribution in [0.3, 0.4) is 0 Å². The summed E-state index contributed by atoms with van der Waals surface area (Å²) in [5.41, 5.74) is 6.47. The molecule has 5 nitrogen and oxygen atoms in total. The van der Waals surface area contributed by atoms with Crippen LogP contribution in [-0.2, 0) is 0 Å². The molecule has 2 atom stereocenters. The van der Waals surface area contributed by atoms with Gasteiger partial charge in [0.2, 0.25) is 0 Å². The number of aliphatic hydroxyl groups excluding tert-OH is 1. The van der Waals surface area contributed by atoms with Gasteiger partial charge in [-0.3, -0.25) is 4.79 Å². The highest BCUT2D eigenvalue weighted by molar-refractivity contribution is 7.99. The fourth-order valence-electron chi connectivity index (χ4n) is 1.53. The van der Waals surface area contributed by atoms with Crippen molar-refractivity contribution in [3.8, 4) is 0 Å². The van der Waals surface area contributed by atoms with E-state index in [4.69, 9.17) is 5.73 Å². The summed E-state index contributed by atoms with van der Waals surface area (Å²) in [6.45, 7) is 7.77. The number of nitrogens with zero attached hydrogens (tertiary/aromatic N) is 1. The van der Waals surface area contributed by atoms with Gasteiger partial charge in [-0.2, -0.15) is 0 Å². The van der Waals surface area contributed by atoms with Crippen LogP contribution in [0.15, 0.2) is 16.0 Å². The van der Waals surface area contributed by atoms with Crippen LogP contribution in [0.25, 0.3) is 0 Å². The van der Waals surface area contributed by atoms with E-state index in [1.165, 1.54) is 17.8 Å². The third-order valence-electron chi connectivity index (χ3n) is 2.69. The molecule has 0 fully saturated rings. The molecule has 0 radical (unpaired) electrons. The molecule has 6 heteroatoms. The van der Waals surface area contributed by atoms with E-state index < -0.39 is 0 Å². The van der Waals surface area contributed by atoms with Gasteiger partial charge in [0.1, 0.15) is 0 Å². The predicted octanol–water partition coefficient (Wildman–Crippen LogP) is 0.905. The molecule has 0 aliphatic carbocycles. The molecule has 102 valence electrons. The third kappa shape index (κ3) is 4.12. The Kier molecular flexibility index (Phi) is 4.95. The monoisotopic (exact) mass is 271 g/mol. The number of nitrogens with two attached hydrogens (primary N) is 1. The smallest absolute Gasteiger partial charge is 0.251 e. The molecule has 1 aromatic heterocycles. The van der Waals surface area contributed by atoms with Crippen LogP contribution in [0.2, 0.25) is 0 Å². The van der Waals surface area contributed by atoms with E-state index in [-0.39, 0.29) is 28.9 Å². The van der Waals surface area contributed by atoms with Crippen LogP contribution in [-0.4, -0.2) is 33.0 Å². The first-order valence-corrected chi connectivity index (χ1v) is 6.73. The lowest BCUT2D eigenvalue weighted by atomic mass is 9.85. The van der Waals surface area contributed by atoms with Crippen molar-refractivity contribution in [2.45, 2.75) is 44.1 Å². The Hall–Kier alpha value is -0.850. The van der Waals surface area contributed by atoms with Crippen molar-refractivity contribution in [2.24, 2.45) is 11.1 Å². The zero-order chi connectivity index (χ0) is 13.9. The Bertz CT molecular complexity index is 453. The molecule has 0 bridgehead atoms. The molecule has 2 unspecified atom stereocenters. The minimum Gasteiger partial charge on any atom is -0.395 e. The van der Waals surface area contributed by atoms with Crippen LogP contribution >= 0.6 is 11.8 Å². The lowest BCUT2D eigenvalue weighted by Crippen LogP contribution is -2.45. The second-order valence-corrected chi connectivity index (χ2v) is 6.65. The SMILES string of the molecule is Cc1cc(=O)[nH]c(SC(CO)C(N)C(C)(C)C)n1. The highest BCUT2D eigenvalue weighted by atomic mass is 32.2. The first-order valence-electron chi connectivity index (χ1n) is 5.85. The largest absolute Gasteiger partial charge is 0.395 e. The zero-order valence-electron chi connectivity index (χ0n) is 11.2. The Morgan fingerprint density at radius 2 is 2.17 bits per heavy atom. The Balaban J connectivity index is 2.89. The predicted molar refractivity (Wildman–Crippen MR) is 73.8 cm³/mol. The average Bonchev–Trinajstić information content (AvgIpc) is 2.22. The van der Waals surface area contributed by atoms with Crippen LogP contribution in [0.4, 0.5) is 0 Å². The van der Waals surface area contributed by atoms with E-state index in [1.807, 2.05) is 20.8 Å². The summed E-state index contributed by atoms with van der Waals surface area (Å²) in [4.78, 5) is 18.2. The fourth-order valence-corrected chi connectivity index (χ4v) is 2.80. The summed E-state index contributed by atoms with van der Waals surface area (Å²) in [5, 5.41) is 9.74. The molecule has 1 heterocycles. The molecule has 1 aromatic rings. The zero-order valence-corrected chi connectivity index (χ0v) is 12.0. The van der Waals surface area contributed by atoms with E-state index in [0.29, 0.717) is 10.9 Å². The second-order valence-electron chi connectivity index (χ2n) is 5.42. The summed E-state index contributed by atoms with van der Waals surface area (Å²) < 4.78 is 0. The molecule has 0 aliphatic heterocycles. The number of aromatic nitrogens is 2. The van der Waals surface area contributed by atoms with Crippen molar-refractivity contribution < 1.29 is 5.11 Å². The summed E-state index contributed by atoms with van der Waals surface area (Å²) in [5.74, 6) is 0. The molecule has 0 saturated heterocycles. The normalized spacial score (nSPS) is 15.4. The van der Waals surface area contributed by atoms with E-state index in [1.54, 1.807) is 6.92 Å².